The summed E-state index contributed by atoms with van der Waals surface area (Å²) in [5.74, 6) is -0.166. The number of benzene rings is 2. The summed E-state index contributed by atoms with van der Waals surface area (Å²) in [5, 5.41) is 11.6. The van der Waals surface area contributed by atoms with E-state index in [0.717, 1.165) is 0 Å². The van der Waals surface area contributed by atoms with Gasteiger partial charge in [0.15, 0.2) is 6.10 Å². The average molecular weight is 455 g/mol. The van der Waals surface area contributed by atoms with Gasteiger partial charge in [0.25, 0.3) is 11.8 Å². The Morgan fingerprint density at radius 1 is 1.16 bits per heavy atom. The molecule has 10 heteroatoms. The lowest BCUT2D eigenvalue weighted by Crippen LogP contribution is -2.50. The standard InChI is InChI=1S/C22H22N4O5S/c1-14-11-18-19(31-15(2)21(27)24-18)12-20(14)32(29,30)26-9-7-25(8-10-26)22(28)17-5-3-16(13-23)4-6-17/h3-6,11-12,15H,7-10H2,1-2H3,(H,24,27). The van der Waals surface area contributed by atoms with Crippen molar-refractivity contribution in [2.75, 3.05) is 31.5 Å². The molecule has 166 valence electrons. The Labute approximate surface area is 186 Å². The van der Waals surface area contributed by atoms with Crippen LogP contribution in [0.3, 0.4) is 0 Å². The molecule has 2 amide bonds. The van der Waals surface area contributed by atoms with Crippen LogP contribution in [0.5, 0.6) is 5.75 Å². The van der Waals surface area contributed by atoms with Crippen LogP contribution in [-0.4, -0.2) is 61.7 Å². The third-order valence-electron chi connectivity index (χ3n) is 5.61. The highest BCUT2D eigenvalue weighted by molar-refractivity contribution is 7.89. The van der Waals surface area contributed by atoms with Gasteiger partial charge < -0.3 is 15.0 Å². The van der Waals surface area contributed by atoms with Crippen LogP contribution in [0.25, 0.3) is 0 Å². The van der Waals surface area contributed by atoms with Gasteiger partial charge in [0.2, 0.25) is 10.0 Å². The van der Waals surface area contributed by atoms with Crippen molar-refractivity contribution < 1.29 is 22.7 Å². The summed E-state index contributed by atoms with van der Waals surface area (Å²) >= 11 is 0. The summed E-state index contributed by atoms with van der Waals surface area (Å²) in [6, 6.07) is 11.4. The maximum atomic E-state index is 13.3. The summed E-state index contributed by atoms with van der Waals surface area (Å²) in [7, 11) is -3.81. The number of aryl methyl sites for hydroxylation is 1. The van der Waals surface area contributed by atoms with Crippen molar-refractivity contribution >= 4 is 27.5 Å². The minimum absolute atomic E-state index is 0.117. The molecule has 1 N–H and O–H groups in total. The number of piperazine rings is 1. The molecule has 1 saturated heterocycles. The summed E-state index contributed by atoms with van der Waals surface area (Å²) < 4.78 is 33.5. The molecule has 0 aromatic heterocycles. The van der Waals surface area contributed by atoms with E-state index < -0.39 is 16.1 Å². The summed E-state index contributed by atoms with van der Waals surface area (Å²) in [6.45, 7) is 4.10. The minimum atomic E-state index is -3.81. The fourth-order valence-corrected chi connectivity index (χ4v) is 5.41. The first kappa shape index (κ1) is 21.8. The molecule has 0 bridgehead atoms. The van der Waals surface area contributed by atoms with Gasteiger partial charge >= 0.3 is 0 Å². The predicted molar refractivity (Wildman–Crippen MR) is 116 cm³/mol. The largest absolute Gasteiger partial charge is 0.479 e. The molecule has 4 rings (SSSR count). The number of rotatable bonds is 3. The molecular weight excluding hydrogens is 432 g/mol. The third kappa shape index (κ3) is 3.92. The molecule has 9 nitrogen and oxygen atoms in total. The van der Waals surface area contributed by atoms with Crippen molar-refractivity contribution in [1.82, 2.24) is 9.21 Å². The molecule has 0 saturated carbocycles. The smallest absolute Gasteiger partial charge is 0.265 e. The van der Waals surface area contributed by atoms with E-state index in [9.17, 15) is 18.0 Å². The first-order valence-electron chi connectivity index (χ1n) is 10.1. The Bertz CT molecular complexity index is 1230. The van der Waals surface area contributed by atoms with Crippen LogP contribution in [-0.2, 0) is 14.8 Å². The van der Waals surface area contributed by atoms with Crippen LogP contribution in [0.15, 0.2) is 41.3 Å². The van der Waals surface area contributed by atoms with Gasteiger partial charge in [-0.2, -0.15) is 9.57 Å². The lowest BCUT2D eigenvalue weighted by atomic mass is 10.1. The molecule has 2 aromatic carbocycles. The molecule has 2 aliphatic heterocycles. The molecule has 0 radical (unpaired) electrons. The van der Waals surface area contributed by atoms with E-state index in [1.807, 2.05) is 6.07 Å². The van der Waals surface area contributed by atoms with Crippen LogP contribution >= 0.6 is 0 Å². The monoisotopic (exact) mass is 454 g/mol. The molecule has 2 aliphatic rings. The Kier molecular flexibility index (Phi) is 5.62. The van der Waals surface area contributed by atoms with Crippen molar-refractivity contribution in [3.63, 3.8) is 0 Å². The molecule has 1 atom stereocenters. The minimum Gasteiger partial charge on any atom is -0.479 e. The summed E-state index contributed by atoms with van der Waals surface area (Å²) in [4.78, 5) is 26.3. The van der Waals surface area contributed by atoms with Crippen LogP contribution in [0, 0.1) is 18.3 Å². The number of hydrogen-bond donors (Lipinski definition) is 1. The van der Waals surface area contributed by atoms with Gasteiger partial charge in [-0.05, 0) is 49.7 Å². The maximum absolute atomic E-state index is 13.3. The first-order valence-corrected chi connectivity index (χ1v) is 11.6. The first-order chi connectivity index (χ1) is 15.2. The fourth-order valence-electron chi connectivity index (χ4n) is 3.76. The topological polar surface area (TPSA) is 120 Å². The van der Waals surface area contributed by atoms with Gasteiger partial charge in [-0.3, -0.25) is 9.59 Å². The quantitative estimate of drug-likeness (QED) is 0.754. The molecule has 2 heterocycles. The number of nitrogens with zero attached hydrogens (tertiary/aromatic N) is 3. The summed E-state index contributed by atoms with van der Waals surface area (Å²) in [6.07, 6.45) is -0.711. The molecule has 32 heavy (non-hydrogen) atoms. The Balaban J connectivity index is 1.49. The van der Waals surface area contributed by atoms with Crippen molar-refractivity contribution in [2.24, 2.45) is 0 Å². The highest BCUT2D eigenvalue weighted by atomic mass is 32.2. The maximum Gasteiger partial charge on any atom is 0.265 e. The van der Waals surface area contributed by atoms with Crippen molar-refractivity contribution in [3.8, 4) is 11.8 Å². The number of carbonyl (C=O) groups is 2. The van der Waals surface area contributed by atoms with Crippen LogP contribution in [0.1, 0.15) is 28.4 Å². The second-order valence-electron chi connectivity index (χ2n) is 7.75. The number of sulfonamides is 1. The Morgan fingerprint density at radius 2 is 1.81 bits per heavy atom. The number of nitrogens with one attached hydrogen (secondary N) is 1. The second-order valence-corrected chi connectivity index (χ2v) is 9.65. The third-order valence-corrected chi connectivity index (χ3v) is 7.65. The van der Waals surface area contributed by atoms with Gasteiger partial charge in [-0.15, -0.1) is 0 Å². The number of ether oxygens (including phenoxy) is 1. The van der Waals surface area contributed by atoms with E-state index in [-0.39, 0.29) is 42.9 Å². The van der Waals surface area contributed by atoms with Gasteiger partial charge in [0.1, 0.15) is 5.75 Å². The van der Waals surface area contributed by atoms with E-state index in [2.05, 4.69) is 5.32 Å². The Morgan fingerprint density at radius 3 is 2.44 bits per heavy atom. The average Bonchev–Trinajstić information content (AvgIpc) is 2.79. The predicted octanol–water partition coefficient (Wildman–Crippen LogP) is 1.73. The highest BCUT2D eigenvalue weighted by Crippen LogP contribution is 2.35. The van der Waals surface area contributed by atoms with Crippen LogP contribution in [0.2, 0.25) is 0 Å². The highest BCUT2D eigenvalue weighted by Gasteiger charge is 2.33. The van der Waals surface area contributed by atoms with E-state index in [4.69, 9.17) is 10.00 Å². The van der Waals surface area contributed by atoms with E-state index in [1.54, 1.807) is 49.1 Å². The van der Waals surface area contributed by atoms with Gasteiger partial charge in [0.05, 0.1) is 22.2 Å². The number of hydrogen-bond acceptors (Lipinski definition) is 6. The normalized spacial score (nSPS) is 18.8. The van der Waals surface area contributed by atoms with Gasteiger partial charge in [-0.1, -0.05) is 0 Å². The Hall–Kier alpha value is -3.42. The molecule has 1 unspecified atom stereocenters. The van der Waals surface area contributed by atoms with E-state index >= 15 is 0 Å². The number of carbonyl (C=O) groups excluding carboxylic acids is 2. The zero-order valence-corrected chi connectivity index (χ0v) is 18.5. The van der Waals surface area contributed by atoms with Gasteiger partial charge in [0, 0.05) is 37.8 Å². The van der Waals surface area contributed by atoms with Crippen LogP contribution in [0.4, 0.5) is 5.69 Å². The molecule has 0 aliphatic carbocycles. The molecule has 1 fully saturated rings. The number of fused-ring (bicyclic) bond motifs is 1. The van der Waals surface area contributed by atoms with Crippen molar-refractivity contribution in [1.29, 1.82) is 5.26 Å². The molecular formula is C22H22N4O5S. The number of anilines is 1. The molecule has 0 spiro atoms. The number of amides is 2. The summed E-state index contributed by atoms with van der Waals surface area (Å²) in [5.41, 5.74) is 1.87. The van der Waals surface area contributed by atoms with E-state index in [1.165, 1.54) is 10.4 Å². The van der Waals surface area contributed by atoms with Crippen molar-refractivity contribution in [2.45, 2.75) is 24.8 Å². The zero-order valence-electron chi connectivity index (χ0n) is 17.7. The van der Waals surface area contributed by atoms with Crippen LogP contribution < -0.4 is 10.1 Å². The zero-order chi connectivity index (χ0) is 23.0. The van der Waals surface area contributed by atoms with E-state index in [0.29, 0.717) is 28.1 Å². The van der Waals surface area contributed by atoms with Crippen molar-refractivity contribution in [3.05, 3.63) is 53.1 Å². The number of nitriles is 1. The van der Waals surface area contributed by atoms with Gasteiger partial charge in [-0.25, -0.2) is 8.42 Å². The lowest BCUT2D eigenvalue weighted by molar-refractivity contribution is -0.122. The SMILES string of the molecule is Cc1cc2c(cc1S(=O)(=O)N1CCN(C(=O)c3ccc(C#N)cc3)CC1)OC(C)C(=O)N2. The lowest BCUT2D eigenvalue weighted by Gasteiger charge is -2.34. The fraction of sp³-hybridized carbons (Fsp3) is 0.318. The molecule has 2 aromatic rings. The second kappa shape index (κ2) is 8.26.